The third-order valence-corrected chi connectivity index (χ3v) is 3.05. The number of pyridine rings is 1. The normalized spacial score (nSPS) is 11.5. The van der Waals surface area contributed by atoms with Crippen LogP contribution in [0.3, 0.4) is 0 Å². The standard InChI is InChI=1S/C15H22N6/c1-4-16-15(18-11-14-8-9-19-21(14)3)17-10-13-7-5-6-12(2)20-13/h5-9H,4,10-11H2,1-3H3,(H2,16,17,18). The zero-order chi connectivity index (χ0) is 15.1. The first kappa shape index (κ1) is 15.0. The molecule has 0 unspecified atom stereocenters. The topological polar surface area (TPSA) is 67.1 Å². The summed E-state index contributed by atoms with van der Waals surface area (Å²) in [6.45, 7) is 6.09. The van der Waals surface area contributed by atoms with Crippen LogP contribution in [0.2, 0.25) is 0 Å². The van der Waals surface area contributed by atoms with Crippen LogP contribution in [0.15, 0.2) is 35.5 Å². The van der Waals surface area contributed by atoms with Crippen LogP contribution >= 0.6 is 0 Å². The van der Waals surface area contributed by atoms with Crippen molar-refractivity contribution in [1.29, 1.82) is 0 Å². The molecule has 2 heterocycles. The van der Waals surface area contributed by atoms with Gasteiger partial charge in [-0.3, -0.25) is 9.67 Å². The molecule has 0 aliphatic carbocycles. The van der Waals surface area contributed by atoms with Crippen LogP contribution in [0.1, 0.15) is 24.0 Å². The summed E-state index contributed by atoms with van der Waals surface area (Å²) in [5.41, 5.74) is 3.08. The maximum Gasteiger partial charge on any atom is 0.191 e. The van der Waals surface area contributed by atoms with E-state index in [0.29, 0.717) is 13.1 Å². The fourth-order valence-corrected chi connectivity index (χ4v) is 1.94. The van der Waals surface area contributed by atoms with Crippen molar-refractivity contribution in [2.24, 2.45) is 12.0 Å². The summed E-state index contributed by atoms with van der Waals surface area (Å²) >= 11 is 0. The fraction of sp³-hybridized carbons (Fsp3) is 0.400. The SMILES string of the molecule is CCNC(=NCc1cccc(C)n1)NCc1ccnn1C. The Kier molecular flexibility index (Phi) is 5.31. The minimum Gasteiger partial charge on any atom is -0.357 e. The van der Waals surface area contributed by atoms with E-state index in [0.717, 1.165) is 29.6 Å². The van der Waals surface area contributed by atoms with Crippen molar-refractivity contribution in [3.8, 4) is 0 Å². The van der Waals surface area contributed by atoms with Crippen LogP contribution in [0.5, 0.6) is 0 Å². The Balaban J connectivity index is 1.97. The van der Waals surface area contributed by atoms with Crippen molar-refractivity contribution in [2.75, 3.05) is 6.54 Å². The van der Waals surface area contributed by atoms with E-state index in [9.17, 15) is 0 Å². The summed E-state index contributed by atoms with van der Waals surface area (Å²) in [6, 6.07) is 7.96. The summed E-state index contributed by atoms with van der Waals surface area (Å²) in [7, 11) is 1.93. The van der Waals surface area contributed by atoms with E-state index in [1.807, 2.05) is 49.8 Å². The van der Waals surface area contributed by atoms with Gasteiger partial charge in [-0.1, -0.05) is 6.07 Å². The summed E-state index contributed by atoms with van der Waals surface area (Å²) in [4.78, 5) is 9.01. The number of hydrogen-bond donors (Lipinski definition) is 2. The monoisotopic (exact) mass is 286 g/mol. The molecule has 0 aromatic carbocycles. The Labute approximate surface area is 125 Å². The van der Waals surface area contributed by atoms with Crippen molar-refractivity contribution in [1.82, 2.24) is 25.4 Å². The summed E-state index contributed by atoms with van der Waals surface area (Å²) < 4.78 is 1.85. The number of nitrogens with zero attached hydrogens (tertiary/aromatic N) is 4. The summed E-state index contributed by atoms with van der Waals surface area (Å²) in [5.74, 6) is 0.780. The second-order valence-corrected chi connectivity index (χ2v) is 4.77. The van der Waals surface area contributed by atoms with Crippen molar-refractivity contribution in [3.05, 3.63) is 47.5 Å². The van der Waals surface area contributed by atoms with Gasteiger partial charge in [0.2, 0.25) is 0 Å². The predicted molar refractivity (Wildman–Crippen MR) is 83.8 cm³/mol. The van der Waals surface area contributed by atoms with Gasteiger partial charge in [-0.25, -0.2) is 4.99 Å². The molecule has 6 nitrogen and oxygen atoms in total. The zero-order valence-corrected chi connectivity index (χ0v) is 12.8. The number of aryl methyl sites for hydroxylation is 2. The molecule has 0 amide bonds. The van der Waals surface area contributed by atoms with E-state index >= 15 is 0 Å². The van der Waals surface area contributed by atoms with Gasteiger partial charge in [0.05, 0.1) is 24.5 Å². The number of guanidine groups is 1. The first-order chi connectivity index (χ1) is 10.2. The lowest BCUT2D eigenvalue weighted by molar-refractivity contribution is 0.684. The molecule has 21 heavy (non-hydrogen) atoms. The number of nitrogens with one attached hydrogen (secondary N) is 2. The van der Waals surface area contributed by atoms with E-state index in [4.69, 9.17) is 0 Å². The molecule has 6 heteroatoms. The minimum absolute atomic E-state index is 0.558. The van der Waals surface area contributed by atoms with Gasteiger partial charge in [-0.2, -0.15) is 5.10 Å². The smallest absolute Gasteiger partial charge is 0.191 e. The maximum absolute atomic E-state index is 4.56. The van der Waals surface area contributed by atoms with Crippen molar-refractivity contribution in [3.63, 3.8) is 0 Å². The predicted octanol–water partition coefficient (Wildman–Crippen LogP) is 1.38. The van der Waals surface area contributed by atoms with Crippen molar-refractivity contribution < 1.29 is 0 Å². The average Bonchev–Trinajstić information content (AvgIpc) is 2.87. The molecule has 0 bridgehead atoms. The van der Waals surface area contributed by atoms with Gasteiger partial charge in [-0.15, -0.1) is 0 Å². The molecule has 0 saturated heterocycles. The van der Waals surface area contributed by atoms with E-state index < -0.39 is 0 Å². The van der Waals surface area contributed by atoms with Crippen molar-refractivity contribution >= 4 is 5.96 Å². The van der Waals surface area contributed by atoms with E-state index in [-0.39, 0.29) is 0 Å². The van der Waals surface area contributed by atoms with Crippen LogP contribution in [-0.4, -0.2) is 27.3 Å². The lowest BCUT2D eigenvalue weighted by Crippen LogP contribution is -2.37. The van der Waals surface area contributed by atoms with Gasteiger partial charge in [0, 0.05) is 25.5 Å². The molecule has 0 spiro atoms. The van der Waals surface area contributed by atoms with Crippen LogP contribution in [-0.2, 0) is 20.1 Å². The van der Waals surface area contributed by atoms with Gasteiger partial charge in [0.25, 0.3) is 0 Å². The Bertz CT molecular complexity index is 602. The molecule has 0 aliphatic rings. The number of rotatable bonds is 5. The fourth-order valence-electron chi connectivity index (χ4n) is 1.94. The molecular weight excluding hydrogens is 264 g/mol. The number of hydrogen-bond acceptors (Lipinski definition) is 3. The summed E-state index contributed by atoms with van der Waals surface area (Å²) in [6.07, 6.45) is 1.79. The van der Waals surface area contributed by atoms with E-state index in [2.05, 4.69) is 25.7 Å². The molecule has 2 aromatic heterocycles. The zero-order valence-electron chi connectivity index (χ0n) is 12.8. The molecule has 0 saturated carbocycles. The third-order valence-electron chi connectivity index (χ3n) is 3.05. The van der Waals surface area contributed by atoms with Gasteiger partial charge in [0.1, 0.15) is 0 Å². The van der Waals surface area contributed by atoms with Gasteiger partial charge in [-0.05, 0) is 32.0 Å². The molecule has 2 rings (SSSR count). The largest absolute Gasteiger partial charge is 0.357 e. The highest BCUT2D eigenvalue weighted by Gasteiger charge is 2.01. The second-order valence-electron chi connectivity index (χ2n) is 4.77. The maximum atomic E-state index is 4.56. The van der Waals surface area contributed by atoms with Crippen LogP contribution in [0.25, 0.3) is 0 Å². The van der Waals surface area contributed by atoms with Crippen LogP contribution < -0.4 is 10.6 Å². The molecule has 2 N–H and O–H groups in total. The quantitative estimate of drug-likeness (QED) is 0.644. The second kappa shape index (κ2) is 7.42. The Hall–Kier alpha value is -2.37. The van der Waals surface area contributed by atoms with Gasteiger partial charge < -0.3 is 10.6 Å². The molecule has 0 fully saturated rings. The van der Waals surface area contributed by atoms with Crippen molar-refractivity contribution in [2.45, 2.75) is 26.9 Å². The first-order valence-corrected chi connectivity index (χ1v) is 7.10. The van der Waals surface area contributed by atoms with Gasteiger partial charge >= 0.3 is 0 Å². The molecule has 0 aliphatic heterocycles. The Morgan fingerprint density at radius 1 is 1.29 bits per heavy atom. The van der Waals surface area contributed by atoms with E-state index in [1.165, 1.54) is 0 Å². The molecule has 0 radical (unpaired) electrons. The van der Waals surface area contributed by atoms with Crippen LogP contribution in [0.4, 0.5) is 0 Å². The number of aromatic nitrogens is 3. The molecule has 112 valence electrons. The highest BCUT2D eigenvalue weighted by Crippen LogP contribution is 2.00. The Morgan fingerprint density at radius 3 is 2.81 bits per heavy atom. The third kappa shape index (κ3) is 4.59. The minimum atomic E-state index is 0.558. The van der Waals surface area contributed by atoms with Gasteiger partial charge in [0.15, 0.2) is 5.96 Å². The number of aliphatic imine (C=N–C) groups is 1. The first-order valence-electron chi connectivity index (χ1n) is 7.10. The lowest BCUT2D eigenvalue weighted by Gasteiger charge is -2.11. The molecular formula is C15H22N6. The molecule has 2 aromatic rings. The molecule has 0 atom stereocenters. The Morgan fingerprint density at radius 2 is 2.14 bits per heavy atom. The highest BCUT2D eigenvalue weighted by molar-refractivity contribution is 5.79. The van der Waals surface area contributed by atoms with E-state index in [1.54, 1.807) is 6.20 Å². The lowest BCUT2D eigenvalue weighted by atomic mass is 10.3. The average molecular weight is 286 g/mol. The highest BCUT2D eigenvalue weighted by atomic mass is 15.3. The van der Waals surface area contributed by atoms with Crippen LogP contribution in [0, 0.1) is 6.92 Å². The summed E-state index contributed by atoms with van der Waals surface area (Å²) in [5, 5.41) is 10.7.